The van der Waals surface area contributed by atoms with E-state index in [0.717, 1.165) is 39.3 Å². The summed E-state index contributed by atoms with van der Waals surface area (Å²) in [6, 6.07) is 19.5. The fourth-order valence-corrected chi connectivity index (χ4v) is 3.50. The van der Waals surface area contributed by atoms with E-state index < -0.39 is 0 Å². The van der Waals surface area contributed by atoms with E-state index in [2.05, 4.69) is 18.1 Å². The quantitative estimate of drug-likeness (QED) is 0.320. The Kier molecular flexibility index (Phi) is 6.98. The molecule has 156 valence electrons. The predicted molar refractivity (Wildman–Crippen MR) is 123 cm³/mol. The van der Waals surface area contributed by atoms with Crippen molar-refractivity contribution in [2.24, 2.45) is 11.0 Å². The zero-order valence-corrected chi connectivity index (χ0v) is 18.4. The number of hydrogen-bond acceptors (Lipinski definition) is 5. The summed E-state index contributed by atoms with van der Waals surface area (Å²) >= 11 is 6.15. The summed E-state index contributed by atoms with van der Waals surface area (Å²) in [6.07, 6.45) is 0. The minimum atomic E-state index is 0.428. The van der Waals surface area contributed by atoms with Crippen molar-refractivity contribution in [3.8, 4) is 5.75 Å². The fraction of sp³-hybridized carbons (Fsp3) is 0.208. The number of nitrogens with two attached hydrogens (primary N) is 1. The second-order valence-corrected chi connectivity index (χ2v) is 7.52. The van der Waals surface area contributed by atoms with Gasteiger partial charge in [-0.15, -0.1) is 0 Å². The molecule has 3 rings (SSSR count). The molecule has 0 saturated heterocycles. The third kappa shape index (κ3) is 4.93. The van der Waals surface area contributed by atoms with Gasteiger partial charge in [0.2, 0.25) is 0 Å². The van der Waals surface area contributed by atoms with Crippen LogP contribution in [0.5, 0.6) is 5.75 Å². The molecule has 0 aliphatic heterocycles. The molecule has 0 aliphatic rings. The molecule has 0 aromatic heterocycles. The summed E-state index contributed by atoms with van der Waals surface area (Å²) in [5.41, 5.74) is 6.64. The zero-order valence-electron chi connectivity index (χ0n) is 17.6. The lowest BCUT2D eigenvalue weighted by atomic mass is 10.0. The van der Waals surface area contributed by atoms with E-state index in [1.807, 2.05) is 68.6 Å². The highest BCUT2D eigenvalue weighted by Crippen LogP contribution is 2.26. The zero-order chi connectivity index (χ0) is 21.7. The molecule has 0 radical (unpaired) electrons. The molecule has 0 saturated carbocycles. The third-order valence-corrected chi connectivity index (χ3v) is 5.10. The first-order valence-corrected chi connectivity index (χ1v) is 9.96. The van der Waals surface area contributed by atoms with Gasteiger partial charge in [0.25, 0.3) is 0 Å². The highest BCUT2D eigenvalue weighted by atomic mass is 35.5. The van der Waals surface area contributed by atoms with E-state index in [1.165, 1.54) is 7.11 Å². The first-order chi connectivity index (χ1) is 14.4. The molecular weight excluding hydrogens is 398 g/mol. The van der Waals surface area contributed by atoms with E-state index in [1.54, 1.807) is 5.01 Å². The molecular formula is C24H26ClN3O2. The summed E-state index contributed by atoms with van der Waals surface area (Å²) in [6.45, 7) is 4.49. The van der Waals surface area contributed by atoms with Crippen LogP contribution in [-0.4, -0.2) is 19.9 Å². The molecule has 0 fully saturated rings. The molecule has 3 aromatic carbocycles. The lowest BCUT2D eigenvalue weighted by Crippen LogP contribution is -2.26. The molecule has 0 spiro atoms. The van der Waals surface area contributed by atoms with Crippen LogP contribution in [0.25, 0.3) is 0 Å². The van der Waals surface area contributed by atoms with E-state index in [9.17, 15) is 0 Å². The molecule has 3 aromatic rings. The van der Waals surface area contributed by atoms with Crippen molar-refractivity contribution < 1.29 is 9.57 Å². The third-order valence-electron chi connectivity index (χ3n) is 4.87. The second-order valence-electron chi connectivity index (χ2n) is 7.09. The van der Waals surface area contributed by atoms with Crippen LogP contribution in [0.3, 0.4) is 0 Å². The Morgan fingerprint density at radius 3 is 2.40 bits per heavy atom. The van der Waals surface area contributed by atoms with Gasteiger partial charge in [-0.2, -0.15) is 0 Å². The van der Waals surface area contributed by atoms with Crippen molar-refractivity contribution in [3.63, 3.8) is 0 Å². The maximum atomic E-state index is 6.15. The van der Waals surface area contributed by atoms with Gasteiger partial charge in [0.15, 0.2) is 0 Å². The lowest BCUT2D eigenvalue weighted by molar-refractivity contribution is 0.214. The Morgan fingerprint density at radius 2 is 1.73 bits per heavy atom. The number of rotatable bonds is 7. The van der Waals surface area contributed by atoms with Gasteiger partial charge in [-0.25, -0.2) is 5.84 Å². The van der Waals surface area contributed by atoms with Gasteiger partial charge in [0.1, 0.15) is 25.2 Å². The van der Waals surface area contributed by atoms with Crippen LogP contribution in [0.15, 0.2) is 65.8 Å². The highest BCUT2D eigenvalue weighted by molar-refractivity contribution is 6.31. The first kappa shape index (κ1) is 21.7. The van der Waals surface area contributed by atoms with E-state index >= 15 is 0 Å². The van der Waals surface area contributed by atoms with Gasteiger partial charge in [0, 0.05) is 28.8 Å². The van der Waals surface area contributed by atoms with Gasteiger partial charge in [-0.05, 0) is 61.4 Å². The van der Waals surface area contributed by atoms with E-state index in [0.29, 0.717) is 17.3 Å². The van der Waals surface area contributed by atoms with Crippen molar-refractivity contribution in [1.29, 1.82) is 0 Å². The standard InChI is InChI=1S/C24H26ClN3O2/c1-16-7-5-10-22(28(3)26)21(16)15-30-23-12-11-19(13-17(23)2)24(27-29-4)18-8-6-9-20(25)14-18/h5-14H,15,26H2,1-4H3. The van der Waals surface area contributed by atoms with Gasteiger partial charge >= 0.3 is 0 Å². The Balaban J connectivity index is 1.86. The van der Waals surface area contributed by atoms with Gasteiger partial charge in [0.05, 0.1) is 5.69 Å². The van der Waals surface area contributed by atoms with Gasteiger partial charge in [-0.1, -0.05) is 41.0 Å². The molecule has 0 bridgehead atoms. The lowest BCUT2D eigenvalue weighted by Gasteiger charge is -2.20. The average Bonchev–Trinajstić information content (AvgIpc) is 2.71. The molecule has 0 unspecified atom stereocenters. The van der Waals surface area contributed by atoms with Crippen molar-refractivity contribution in [1.82, 2.24) is 0 Å². The minimum absolute atomic E-state index is 0.428. The Morgan fingerprint density at radius 1 is 1.00 bits per heavy atom. The van der Waals surface area contributed by atoms with Crippen LogP contribution in [0.1, 0.15) is 27.8 Å². The summed E-state index contributed by atoms with van der Waals surface area (Å²) in [5.74, 6) is 6.77. The molecule has 0 heterocycles. The Bertz CT molecular complexity index is 1060. The van der Waals surface area contributed by atoms with Crippen molar-refractivity contribution in [2.75, 3.05) is 19.2 Å². The smallest absolute Gasteiger partial charge is 0.122 e. The molecule has 6 heteroatoms. The number of hydrogen-bond donors (Lipinski definition) is 1. The number of anilines is 1. The molecule has 2 N–H and O–H groups in total. The van der Waals surface area contributed by atoms with Crippen molar-refractivity contribution in [3.05, 3.63) is 93.5 Å². The average molecular weight is 424 g/mol. The van der Waals surface area contributed by atoms with E-state index in [4.69, 9.17) is 27.0 Å². The van der Waals surface area contributed by atoms with Crippen LogP contribution in [0.4, 0.5) is 5.69 Å². The van der Waals surface area contributed by atoms with Crippen LogP contribution in [-0.2, 0) is 11.4 Å². The van der Waals surface area contributed by atoms with Crippen molar-refractivity contribution >= 4 is 23.0 Å². The number of oxime groups is 1. The fourth-order valence-electron chi connectivity index (χ4n) is 3.31. The van der Waals surface area contributed by atoms with Crippen LogP contribution >= 0.6 is 11.6 Å². The monoisotopic (exact) mass is 423 g/mol. The molecule has 0 atom stereocenters. The van der Waals surface area contributed by atoms with Crippen molar-refractivity contribution in [2.45, 2.75) is 20.5 Å². The van der Waals surface area contributed by atoms with Crippen LogP contribution < -0.4 is 15.6 Å². The molecule has 5 nitrogen and oxygen atoms in total. The normalized spacial score (nSPS) is 11.3. The minimum Gasteiger partial charge on any atom is -0.489 e. The predicted octanol–water partition coefficient (Wildman–Crippen LogP) is 5.24. The van der Waals surface area contributed by atoms with Gasteiger partial charge in [-0.3, -0.25) is 0 Å². The van der Waals surface area contributed by atoms with Crippen LogP contribution in [0.2, 0.25) is 5.02 Å². The number of ether oxygens (including phenoxy) is 1. The number of aryl methyl sites for hydroxylation is 2. The molecule has 0 aliphatic carbocycles. The number of benzene rings is 3. The SMILES string of the molecule is CON=C(c1cccc(Cl)c1)c1ccc(OCc2c(C)cccc2N(C)N)c(C)c1. The maximum Gasteiger partial charge on any atom is 0.122 e. The number of halogens is 1. The molecule has 0 amide bonds. The van der Waals surface area contributed by atoms with E-state index in [-0.39, 0.29) is 0 Å². The Labute approximate surface area is 182 Å². The number of hydrazine groups is 1. The van der Waals surface area contributed by atoms with Gasteiger partial charge < -0.3 is 14.6 Å². The summed E-state index contributed by atoms with van der Waals surface area (Å²) in [7, 11) is 3.36. The highest BCUT2D eigenvalue weighted by Gasteiger charge is 2.13. The topological polar surface area (TPSA) is 60.1 Å². The first-order valence-electron chi connectivity index (χ1n) is 9.58. The Hall–Kier alpha value is -3.02. The largest absolute Gasteiger partial charge is 0.489 e. The summed E-state index contributed by atoms with van der Waals surface area (Å²) in [5, 5.41) is 6.47. The second kappa shape index (κ2) is 9.65. The van der Waals surface area contributed by atoms with Crippen LogP contribution in [0, 0.1) is 13.8 Å². The number of nitrogens with zero attached hydrogens (tertiary/aromatic N) is 2. The summed E-state index contributed by atoms with van der Waals surface area (Å²) in [4.78, 5) is 5.07. The summed E-state index contributed by atoms with van der Waals surface area (Å²) < 4.78 is 6.14. The molecule has 30 heavy (non-hydrogen) atoms. The maximum absolute atomic E-state index is 6.15.